The van der Waals surface area contributed by atoms with E-state index in [0.717, 1.165) is 29.7 Å². The molecule has 26 heavy (non-hydrogen) atoms. The molecular weight excluding hydrogens is 328 g/mol. The zero-order valence-corrected chi connectivity index (χ0v) is 15.3. The Kier molecular flexibility index (Phi) is 6.47. The van der Waals surface area contributed by atoms with Crippen LogP contribution in [0.1, 0.15) is 44.1 Å². The highest BCUT2D eigenvalue weighted by atomic mass is 16.5. The minimum Gasteiger partial charge on any atom is -0.493 e. The molecule has 2 aromatic heterocycles. The third kappa shape index (κ3) is 5.22. The molecule has 0 amide bonds. The molecule has 0 bridgehead atoms. The largest absolute Gasteiger partial charge is 0.493 e. The Bertz CT molecular complexity index is 869. The van der Waals surface area contributed by atoms with Gasteiger partial charge in [-0.1, -0.05) is 25.7 Å². The molecule has 0 aliphatic heterocycles. The second kappa shape index (κ2) is 9.22. The average Bonchev–Trinajstić information content (AvgIpc) is 3.13. The quantitative estimate of drug-likeness (QED) is 0.390. The Morgan fingerprint density at radius 1 is 1.08 bits per heavy atom. The molecule has 5 nitrogen and oxygen atoms in total. The number of unbranched alkanes of at least 4 members (excludes halogenated alkanes) is 5. The van der Waals surface area contributed by atoms with Crippen LogP contribution < -0.4 is 10.4 Å². The number of ether oxygens (including phenoxy) is 1. The normalized spacial score (nSPS) is 11.1. The minimum atomic E-state index is -0.319. The van der Waals surface area contributed by atoms with Crippen molar-refractivity contribution in [1.82, 2.24) is 9.55 Å². The van der Waals surface area contributed by atoms with Gasteiger partial charge in [0.05, 0.1) is 12.9 Å². The summed E-state index contributed by atoms with van der Waals surface area (Å²) in [5.41, 5.74) is 1.20. The lowest BCUT2D eigenvalue weighted by atomic mass is 10.1. The van der Waals surface area contributed by atoms with Gasteiger partial charge in [0.2, 0.25) is 0 Å². The number of benzene rings is 1. The Hall–Kier alpha value is -2.56. The smallest absolute Gasteiger partial charge is 0.336 e. The second-order valence-electron chi connectivity index (χ2n) is 6.68. The van der Waals surface area contributed by atoms with Crippen LogP contribution in [0.15, 0.2) is 52.2 Å². The Labute approximate surface area is 153 Å². The van der Waals surface area contributed by atoms with Gasteiger partial charge in [0.25, 0.3) is 0 Å². The van der Waals surface area contributed by atoms with E-state index in [-0.39, 0.29) is 5.63 Å². The molecule has 0 N–H and O–H groups in total. The van der Waals surface area contributed by atoms with Gasteiger partial charge < -0.3 is 13.7 Å². The van der Waals surface area contributed by atoms with Crippen molar-refractivity contribution in [3.05, 3.63) is 59.0 Å². The van der Waals surface area contributed by atoms with Gasteiger partial charge in [-0.2, -0.15) is 0 Å². The Balaban J connectivity index is 1.31. The van der Waals surface area contributed by atoms with Crippen LogP contribution in [-0.2, 0) is 6.54 Å². The summed E-state index contributed by atoms with van der Waals surface area (Å²) >= 11 is 0. The zero-order valence-electron chi connectivity index (χ0n) is 15.3. The lowest BCUT2D eigenvalue weighted by Crippen LogP contribution is -2.00. The minimum absolute atomic E-state index is 0.319. The maximum Gasteiger partial charge on any atom is 0.336 e. The van der Waals surface area contributed by atoms with Crippen molar-refractivity contribution in [1.29, 1.82) is 0 Å². The summed E-state index contributed by atoms with van der Waals surface area (Å²) in [6.07, 6.45) is 12.9. The van der Waals surface area contributed by atoms with Crippen LogP contribution in [0.2, 0.25) is 0 Å². The fourth-order valence-corrected chi connectivity index (χ4v) is 3.11. The van der Waals surface area contributed by atoms with E-state index >= 15 is 0 Å². The van der Waals surface area contributed by atoms with Crippen molar-refractivity contribution in [2.45, 2.75) is 52.0 Å². The fraction of sp³-hybridized carbons (Fsp3) is 0.429. The van der Waals surface area contributed by atoms with Gasteiger partial charge >= 0.3 is 5.63 Å². The van der Waals surface area contributed by atoms with Gasteiger partial charge in [-0.25, -0.2) is 9.78 Å². The van der Waals surface area contributed by atoms with E-state index in [1.54, 1.807) is 6.07 Å². The van der Waals surface area contributed by atoms with Crippen LogP contribution in [0.25, 0.3) is 11.0 Å². The van der Waals surface area contributed by atoms with Gasteiger partial charge in [-0.05, 0) is 37.5 Å². The second-order valence-corrected chi connectivity index (χ2v) is 6.68. The van der Waals surface area contributed by atoms with E-state index in [1.807, 2.05) is 37.8 Å². The maximum atomic E-state index is 11.5. The number of hydrogen-bond acceptors (Lipinski definition) is 4. The van der Waals surface area contributed by atoms with E-state index in [0.29, 0.717) is 12.2 Å². The summed E-state index contributed by atoms with van der Waals surface area (Å²) in [4.78, 5) is 15.5. The van der Waals surface area contributed by atoms with Gasteiger partial charge in [-0.3, -0.25) is 0 Å². The van der Waals surface area contributed by atoms with Crippen molar-refractivity contribution in [2.24, 2.45) is 0 Å². The molecule has 2 heterocycles. The van der Waals surface area contributed by atoms with E-state index in [4.69, 9.17) is 9.15 Å². The molecule has 138 valence electrons. The van der Waals surface area contributed by atoms with Crippen molar-refractivity contribution in [3.8, 4) is 5.75 Å². The summed E-state index contributed by atoms with van der Waals surface area (Å²) < 4.78 is 13.2. The molecule has 0 saturated carbocycles. The molecule has 0 spiro atoms. The van der Waals surface area contributed by atoms with Gasteiger partial charge in [0, 0.05) is 36.5 Å². The fourth-order valence-electron chi connectivity index (χ4n) is 3.11. The Morgan fingerprint density at radius 2 is 1.88 bits per heavy atom. The number of hydrogen-bond donors (Lipinski definition) is 0. The number of fused-ring (bicyclic) bond motifs is 1. The van der Waals surface area contributed by atoms with Crippen LogP contribution in [-0.4, -0.2) is 16.2 Å². The number of imidazole rings is 1. The monoisotopic (exact) mass is 354 g/mol. The van der Waals surface area contributed by atoms with Crippen LogP contribution in [0.5, 0.6) is 5.75 Å². The van der Waals surface area contributed by atoms with Crippen LogP contribution in [0, 0.1) is 6.92 Å². The molecule has 0 aliphatic carbocycles. The van der Waals surface area contributed by atoms with Gasteiger partial charge in [-0.15, -0.1) is 0 Å². The van der Waals surface area contributed by atoms with Gasteiger partial charge in [0.15, 0.2) is 0 Å². The lowest BCUT2D eigenvalue weighted by molar-refractivity contribution is 0.304. The zero-order chi connectivity index (χ0) is 18.2. The molecule has 0 radical (unpaired) electrons. The number of rotatable bonds is 10. The highest BCUT2D eigenvalue weighted by molar-refractivity contribution is 5.81. The van der Waals surface area contributed by atoms with E-state index in [9.17, 15) is 4.79 Å². The van der Waals surface area contributed by atoms with Crippen molar-refractivity contribution >= 4 is 11.0 Å². The van der Waals surface area contributed by atoms with Gasteiger partial charge in [0.1, 0.15) is 11.3 Å². The predicted molar refractivity (Wildman–Crippen MR) is 103 cm³/mol. The van der Waals surface area contributed by atoms with Crippen molar-refractivity contribution in [2.75, 3.05) is 6.61 Å². The number of aryl methyl sites for hydroxylation is 2. The Morgan fingerprint density at radius 3 is 2.69 bits per heavy atom. The molecule has 3 rings (SSSR count). The number of aromatic nitrogens is 2. The standard InChI is InChI=1S/C21H26N2O3/c1-17-14-21(24)26-20-15-18(8-9-19(17)20)25-13-7-5-3-2-4-6-11-23-12-10-22-16-23/h8-10,12,14-16H,2-7,11,13H2,1H3. The SMILES string of the molecule is Cc1cc(=O)oc2cc(OCCCCCCCCn3ccnc3)ccc12. The molecule has 1 aromatic carbocycles. The first-order valence-electron chi connectivity index (χ1n) is 9.35. The van der Waals surface area contributed by atoms with E-state index < -0.39 is 0 Å². The molecule has 0 unspecified atom stereocenters. The molecule has 0 saturated heterocycles. The topological polar surface area (TPSA) is 57.3 Å². The van der Waals surface area contributed by atoms with Crippen molar-refractivity contribution in [3.63, 3.8) is 0 Å². The number of nitrogens with zero attached hydrogens (tertiary/aromatic N) is 2. The summed E-state index contributed by atoms with van der Waals surface area (Å²) in [7, 11) is 0. The first kappa shape index (κ1) is 18.2. The lowest BCUT2D eigenvalue weighted by Gasteiger charge is -2.08. The third-order valence-electron chi connectivity index (χ3n) is 4.56. The summed E-state index contributed by atoms with van der Waals surface area (Å²) in [5.74, 6) is 0.756. The van der Waals surface area contributed by atoms with Crippen molar-refractivity contribution < 1.29 is 9.15 Å². The maximum absolute atomic E-state index is 11.5. The highest BCUT2D eigenvalue weighted by Gasteiger charge is 2.04. The molecule has 0 atom stereocenters. The highest BCUT2D eigenvalue weighted by Crippen LogP contribution is 2.22. The molecule has 3 aromatic rings. The van der Waals surface area contributed by atoms with E-state index in [1.165, 1.54) is 38.2 Å². The first-order chi connectivity index (χ1) is 12.7. The van der Waals surface area contributed by atoms with Crippen LogP contribution >= 0.6 is 0 Å². The predicted octanol–water partition coefficient (Wildman–Crippen LogP) is 4.72. The summed E-state index contributed by atoms with van der Waals surface area (Å²) in [5, 5.41) is 0.952. The van der Waals surface area contributed by atoms with Crippen LogP contribution in [0.3, 0.4) is 0 Å². The molecular formula is C21H26N2O3. The summed E-state index contributed by atoms with van der Waals surface area (Å²) in [6.45, 7) is 3.66. The molecule has 5 heteroatoms. The molecule has 0 fully saturated rings. The average molecular weight is 354 g/mol. The van der Waals surface area contributed by atoms with E-state index in [2.05, 4.69) is 9.55 Å². The molecule has 0 aliphatic rings. The summed E-state index contributed by atoms with van der Waals surface area (Å²) in [6, 6.07) is 7.20. The van der Waals surface area contributed by atoms with Crippen LogP contribution in [0.4, 0.5) is 0 Å². The third-order valence-corrected chi connectivity index (χ3v) is 4.56. The first-order valence-corrected chi connectivity index (χ1v) is 9.35.